The van der Waals surface area contributed by atoms with Crippen molar-refractivity contribution in [1.29, 1.82) is 0 Å². The Balaban J connectivity index is 1.14. The summed E-state index contributed by atoms with van der Waals surface area (Å²) in [7, 11) is 0. The lowest BCUT2D eigenvalue weighted by atomic mass is 9.88. The van der Waals surface area contributed by atoms with Crippen molar-refractivity contribution >= 4 is 35.6 Å². The first kappa shape index (κ1) is 102. The molecule has 9 rings (SSSR count). The number of amides is 4. The number of carboxylic acids is 2. The van der Waals surface area contributed by atoms with Crippen molar-refractivity contribution in [2.45, 2.75) is 335 Å². The van der Waals surface area contributed by atoms with Gasteiger partial charge in [-0.15, -0.1) is 0 Å². The third-order valence-corrected chi connectivity index (χ3v) is 22.3. The number of carboxylic acid groups (broad SMARTS) is 2. The Morgan fingerprint density at radius 1 is 0.358 bits per heavy atom. The molecule has 0 radical (unpaired) electrons. The lowest BCUT2D eigenvalue weighted by Gasteiger charge is -2.52. The molecule has 9 aliphatic heterocycles. The van der Waals surface area contributed by atoms with Gasteiger partial charge in [-0.1, -0.05) is 0 Å². The number of carbonyl (C=O) groups is 6. The summed E-state index contributed by atoms with van der Waals surface area (Å²) >= 11 is 0. The van der Waals surface area contributed by atoms with E-state index in [0.29, 0.717) is 0 Å². The van der Waals surface area contributed by atoms with Crippen molar-refractivity contribution in [3.05, 3.63) is 0 Å². The first-order valence-electron chi connectivity index (χ1n) is 38.7. The van der Waals surface area contributed by atoms with Crippen molar-refractivity contribution in [2.75, 3.05) is 52.9 Å². The van der Waals surface area contributed by atoms with Gasteiger partial charge < -0.3 is 245 Å². The number of hydrogen-bond acceptors (Lipinski definition) is 49. The van der Waals surface area contributed by atoms with Gasteiger partial charge in [-0.25, -0.2) is 9.59 Å². The maximum atomic E-state index is 13.8. The molecule has 4 amide bonds. The minimum atomic E-state index is -3.46. The summed E-state index contributed by atoms with van der Waals surface area (Å²) in [4.78, 5) is 79.3. The fraction of sp³-hybridized carbons (Fsp3) is 0.912. The maximum absolute atomic E-state index is 13.8. The van der Waals surface area contributed by atoms with Crippen LogP contribution in [-0.4, -0.2) is 519 Å². The Labute approximate surface area is 694 Å². The third-order valence-electron chi connectivity index (χ3n) is 22.3. The van der Waals surface area contributed by atoms with Crippen LogP contribution in [0.15, 0.2) is 0 Å². The third kappa shape index (κ3) is 22.4. The summed E-state index contributed by atoms with van der Waals surface area (Å²) in [6, 6.07) is -8.05. The Kier molecular flexibility index (Phi) is 35.8. The van der Waals surface area contributed by atoms with Gasteiger partial charge in [0.1, 0.15) is 201 Å². The van der Waals surface area contributed by atoms with Crippen LogP contribution < -0.4 is 21.3 Å². The van der Waals surface area contributed by atoms with Gasteiger partial charge in [-0.05, 0) is 6.92 Å². The van der Waals surface area contributed by atoms with E-state index >= 15 is 0 Å². The molecule has 0 aromatic carbocycles. The highest BCUT2D eigenvalue weighted by Crippen LogP contribution is 2.43. The number of nitrogens with one attached hydrogen (secondary N) is 4. The average molecular weight is 1800 g/mol. The van der Waals surface area contributed by atoms with E-state index in [0.717, 1.165) is 27.7 Å². The molecule has 3 unspecified atom stereocenters. The Morgan fingerprint density at radius 2 is 0.732 bits per heavy atom. The molecule has 32 N–H and O–H groups in total. The number of aliphatic carboxylic acids is 2. The Morgan fingerprint density at radius 3 is 1.24 bits per heavy atom. The molecule has 55 nitrogen and oxygen atoms in total. The molecule has 0 spiro atoms. The second kappa shape index (κ2) is 43.2. The smallest absolute Gasteiger partial charge is 0.364 e. The van der Waals surface area contributed by atoms with Gasteiger partial charge >= 0.3 is 11.9 Å². The van der Waals surface area contributed by atoms with Crippen LogP contribution in [0.2, 0.25) is 0 Å². The Bertz CT molecular complexity index is 3430. The van der Waals surface area contributed by atoms with Gasteiger partial charge in [-0.3, -0.25) is 19.2 Å². The zero-order chi connectivity index (χ0) is 91.4. The van der Waals surface area contributed by atoms with Crippen molar-refractivity contribution in [3.63, 3.8) is 0 Å². The molecule has 9 saturated heterocycles. The number of aliphatic hydroxyl groups excluding tert-OH is 26. The predicted octanol–water partition coefficient (Wildman–Crippen LogP) is -20.6. The van der Waals surface area contributed by atoms with Crippen LogP contribution in [0.25, 0.3) is 0 Å². The van der Waals surface area contributed by atoms with E-state index in [4.69, 9.17) is 80.5 Å². The molecule has 123 heavy (non-hydrogen) atoms. The van der Waals surface area contributed by atoms with Crippen molar-refractivity contribution in [3.8, 4) is 0 Å². The second-order valence-electron chi connectivity index (χ2n) is 31.0. The molecule has 0 aliphatic carbocycles. The normalized spacial score (nSPS) is 46.6. The molecule has 9 aliphatic rings. The molecule has 9 heterocycles. The van der Waals surface area contributed by atoms with Crippen LogP contribution >= 0.6 is 0 Å². The standard InChI is InChI=1S/C68H112N4O51/c1-16-35(87)42(94)46(98)61(109-16)119-55-34(72-20(5)82)59(113-28(13-78)51(55)117-62-47(99)43(95)38(90)25(10-75)111-62)107-14-29-41(93)56(48(100)63(115-29)116-50-27(12-77)110-58(102)45(97)44(50)96)120-60-33(71-19(4)81)52(40(92)30(114-60)15-108-67(65(103)104)6-21(83)31(69-17(2)79)53(121-67)36(88)23(85)8-73)118-64-49(101)57(39(91)26(11-76)112-64)123-68(66(105)106)7-22(84)32(70-18(3)80)54(122-68)37(89)24(86)9-74/h16,21-64,73-78,83-102H,6-15H2,1-5H3,(H,69,79)(H,70,80)(H,71,81)(H,72,82)(H,103,104)(H,105,106)/t16-,21-,22-,23+,24+,25+,26+,27+,28+,29+,30+,31+,32+,33+,34+,35+,36+,37+,38-,39-,40+,41-,42+,43-,44+,45+,46-,47+,48+,49+,50+,51+,52+,53+,54+,55+,56-,57-,58?,59+,60-,61-,62-,63-,64-,67?,68?/m0/s1. The molecule has 47 atom stereocenters. The van der Waals surface area contributed by atoms with E-state index in [-0.39, 0.29) is 0 Å². The molecular formula is C68H112N4O51. The van der Waals surface area contributed by atoms with Crippen LogP contribution in [0.5, 0.6) is 0 Å². The number of aliphatic hydroxyl groups is 26. The predicted molar refractivity (Wildman–Crippen MR) is 376 cm³/mol. The highest BCUT2D eigenvalue weighted by atomic mass is 16.8. The van der Waals surface area contributed by atoms with Gasteiger partial charge in [0, 0.05) is 40.5 Å². The number of carbonyl (C=O) groups excluding carboxylic acids is 4. The molecular weight excluding hydrogens is 1690 g/mol. The minimum absolute atomic E-state index is 0.777. The van der Waals surface area contributed by atoms with E-state index in [9.17, 15) is 172 Å². The fourth-order valence-electron chi connectivity index (χ4n) is 15.7. The van der Waals surface area contributed by atoms with E-state index in [1.54, 1.807) is 0 Å². The van der Waals surface area contributed by atoms with E-state index < -0.39 is 389 Å². The van der Waals surface area contributed by atoms with Gasteiger partial charge in [0.05, 0.1) is 83.3 Å². The van der Waals surface area contributed by atoms with Crippen LogP contribution in [0.4, 0.5) is 0 Å². The summed E-state index contributed by atoms with van der Waals surface area (Å²) in [5.41, 5.74) is 0. The van der Waals surface area contributed by atoms with Gasteiger partial charge in [0.2, 0.25) is 23.6 Å². The zero-order valence-electron chi connectivity index (χ0n) is 66.0. The molecule has 0 aromatic heterocycles. The maximum Gasteiger partial charge on any atom is 0.364 e. The van der Waals surface area contributed by atoms with Crippen LogP contribution in [0, 0.1) is 0 Å². The lowest BCUT2D eigenvalue weighted by Crippen LogP contribution is -2.72. The highest BCUT2D eigenvalue weighted by molar-refractivity contribution is 5.78. The molecule has 9 fully saturated rings. The van der Waals surface area contributed by atoms with Gasteiger partial charge in [0.25, 0.3) is 11.6 Å². The topological polar surface area (TPSA) is 874 Å². The van der Waals surface area contributed by atoms with E-state index in [1.807, 2.05) is 0 Å². The summed E-state index contributed by atoms with van der Waals surface area (Å²) in [5.74, 6) is -15.4. The SMILES string of the molecule is CC(=O)N[C@H]1[C@H](OC[C@H]2O[C@@H](O[C@H]3[C@H](O)[C@@H](O)C(O)O[C@@H]3CO)[C@H](O)[C@@H](O[C@@H]3O[C@H](COC4(C(=O)O)C[C@H](O)[C@@H](NC(C)=O)[C@H]([C@H](O)[C@H](O)CO)O4)[C@@H](O)[C@H](O[C@@H]4O[C@H](CO)[C@H](O)[C@H](OC5(C(=O)O)C[C@H](O)[C@@H](NC(C)=O)[C@H]([C@H](O)[C@H](O)CO)O5)[C@H]4O)[C@H]3NC(C)=O)[C@H]2O)O[C@H](CO)[C@@H](O[C@@H]2O[C@H](CO)[C@H](O)[C@H](O)[C@H]2O)[C@@H]1O[C@@H]1O[C@@H](C)[C@@H](O)[C@@H](O)[C@@H]1O. The minimum Gasteiger partial charge on any atom is -0.477 e. The van der Waals surface area contributed by atoms with Crippen molar-refractivity contribution in [2.24, 2.45) is 0 Å². The largest absolute Gasteiger partial charge is 0.477 e. The first-order valence-corrected chi connectivity index (χ1v) is 38.7. The number of rotatable bonds is 34. The highest BCUT2D eigenvalue weighted by Gasteiger charge is 2.64. The van der Waals surface area contributed by atoms with Crippen molar-refractivity contribution < 1.29 is 252 Å². The fourth-order valence-corrected chi connectivity index (χ4v) is 15.7. The van der Waals surface area contributed by atoms with Crippen molar-refractivity contribution in [1.82, 2.24) is 21.3 Å². The molecule has 55 heteroatoms. The van der Waals surface area contributed by atoms with Gasteiger partial charge in [-0.2, -0.15) is 0 Å². The summed E-state index contributed by atoms with van der Waals surface area (Å²) in [6.45, 7) is -5.42. The van der Waals surface area contributed by atoms with Crippen LogP contribution in [-0.2, 0) is 109 Å². The first-order chi connectivity index (χ1) is 57.8. The quantitative estimate of drug-likeness (QED) is 0.0284. The summed E-state index contributed by atoms with van der Waals surface area (Å²) in [6.07, 6.45) is -95.5. The average Bonchev–Trinajstić information content (AvgIpc) is 0.758. The lowest BCUT2D eigenvalue weighted by molar-refractivity contribution is -0.393. The van der Waals surface area contributed by atoms with Gasteiger partial charge in [0.15, 0.2) is 44.0 Å². The van der Waals surface area contributed by atoms with E-state index in [1.165, 1.54) is 6.92 Å². The van der Waals surface area contributed by atoms with Crippen LogP contribution in [0.1, 0.15) is 47.5 Å². The zero-order valence-corrected chi connectivity index (χ0v) is 66.0. The molecule has 0 bridgehead atoms. The number of ether oxygens (including phenoxy) is 17. The monoisotopic (exact) mass is 1800 g/mol. The van der Waals surface area contributed by atoms with Crippen LogP contribution in [0.3, 0.4) is 0 Å². The molecule has 710 valence electrons. The second-order valence-corrected chi connectivity index (χ2v) is 31.0. The molecule has 0 aromatic rings. The molecule has 0 saturated carbocycles. The van der Waals surface area contributed by atoms with E-state index in [2.05, 4.69) is 21.3 Å². The summed E-state index contributed by atoms with van der Waals surface area (Å²) < 4.78 is 101. The Hall–Kier alpha value is -4.90. The summed E-state index contributed by atoms with van der Waals surface area (Å²) in [5, 5.41) is 321. The number of hydrogen-bond donors (Lipinski definition) is 32.